The minimum atomic E-state index is 0.411. The van der Waals surface area contributed by atoms with Crippen molar-refractivity contribution in [3.63, 3.8) is 0 Å². The molecule has 0 atom stereocenters. The molecule has 0 heterocycles. The second-order valence-corrected chi connectivity index (χ2v) is 3.95. The Balaban J connectivity index is 0.000000217. The highest BCUT2D eigenvalue weighted by Crippen LogP contribution is 2.06. The minimum absolute atomic E-state index is 0.411. The first-order valence-corrected chi connectivity index (χ1v) is 6.20. The monoisotopic (exact) mass is 263 g/mol. The molecule has 0 aliphatic rings. The van der Waals surface area contributed by atoms with Gasteiger partial charge in [-0.1, -0.05) is 85.0 Å². The summed E-state index contributed by atoms with van der Waals surface area (Å²) < 4.78 is 0. The summed E-state index contributed by atoms with van der Waals surface area (Å²) in [5, 5.41) is 3.45. The maximum absolute atomic E-state index is 8.07. The number of nitrogens with zero attached hydrogens (tertiary/aromatic N) is 3. The Hall–Kier alpha value is -2.77. The number of azide groups is 1. The van der Waals surface area contributed by atoms with E-state index in [4.69, 9.17) is 5.53 Å². The number of hydrogen-bond donors (Lipinski definition) is 0. The van der Waals surface area contributed by atoms with Crippen LogP contribution >= 0.6 is 0 Å². The average Bonchev–Trinajstić information content (AvgIpc) is 2.54. The van der Waals surface area contributed by atoms with E-state index in [9.17, 15) is 0 Å². The minimum Gasteiger partial charge on any atom is -0.0985 e. The SMILES string of the molecule is C=Cc1ccc(CN=[N+]=[N-])cc1.C=Cc1ccccc1. The molecule has 0 bridgehead atoms. The Kier molecular flexibility index (Phi) is 7.03. The standard InChI is InChI=1S/C9H9N3.C8H8/c1-2-8-3-5-9(6-4-8)7-11-12-10;1-2-8-6-4-3-5-7-8/h2-6H,1,7H2;2-7H,1H2. The first kappa shape index (κ1) is 15.3. The van der Waals surface area contributed by atoms with Crippen LogP contribution in [0.5, 0.6) is 0 Å². The third-order valence-electron chi connectivity index (χ3n) is 2.57. The maximum atomic E-state index is 8.07. The molecule has 3 nitrogen and oxygen atoms in total. The molecule has 0 unspecified atom stereocenters. The lowest BCUT2D eigenvalue weighted by molar-refractivity contribution is 1.05. The van der Waals surface area contributed by atoms with Crippen LogP contribution in [-0.4, -0.2) is 0 Å². The number of hydrogen-bond acceptors (Lipinski definition) is 1. The van der Waals surface area contributed by atoms with Gasteiger partial charge in [-0.15, -0.1) is 0 Å². The van der Waals surface area contributed by atoms with Gasteiger partial charge in [0.1, 0.15) is 0 Å². The average molecular weight is 263 g/mol. The molecule has 0 radical (unpaired) electrons. The predicted octanol–water partition coefficient (Wildman–Crippen LogP) is 5.47. The molecule has 2 rings (SSSR count). The lowest BCUT2D eigenvalue weighted by atomic mass is 10.1. The van der Waals surface area contributed by atoms with Gasteiger partial charge in [0, 0.05) is 4.91 Å². The highest BCUT2D eigenvalue weighted by atomic mass is 15.1. The first-order valence-electron chi connectivity index (χ1n) is 6.20. The van der Waals surface area contributed by atoms with Gasteiger partial charge in [0.25, 0.3) is 0 Å². The van der Waals surface area contributed by atoms with Crippen LogP contribution < -0.4 is 0 Å². The van der Waals surface area contributed by atoms with Gasteiger partial charge < -0.3 is 0 Å². The van der Waals surface area contributed by atoms with Crippen molar-refractivity contribution in [3.05, 3.63) is 94.9 Å². The molecule has 100 valence electrons. The summed E-state index contributed by atoms with van der Waals surface area (Å²) >= 11 is 0. The van der Waals surface area contributed by atoms with Crippen molar-refractivity contribution >= 4 is 12.2 Å². The molecule has 0 fully saturated rings. The van der Waals surface area contributed by atoms with Crippen molar-refractivity contribution in [2.45, 2.75) is 6.54 Å². The number of rotatable bonds is 4. The van der Waals surface area contributed by atoms with Gasteiger partial charge in [-0.3, -0.25) is 0 Å². The van der Waals surface area contributed by atoms with Gasteiger partial charge in [-0.05, 0) is 22.2 Å². The van der Waals surface area contributed by atoms with Crippen LogP contribution in [0.4, 0.5) is 0 Å². The van der Waals surface area contributed by atoms with Crippen molar-refractivity contribution in [2.75, 3.05) is 0 Å². The van der Waals surface area contributed by atoms with E-state index in [0.29, 0.717) is 6.54 Å². The van der Waals surface area contributed by atoms with E-state index in [0.717, 1.165) is 11.1 Å². The van der Waals surface area contributed by atoms with E-state index in [1.165, 1.54) is 5.56 Å². The summed E-state index contributed by atoms with van der Waals surface area (Å²) in [6, 6.07) is 17.8. The molecular weight excluding hydrogens is 246 g/mol. The Morgan fingerprint density at radius 1 is 0.900 bits per heavy atom. The first-order chi connectivity index (χ1) is 9.80. The fourth-order valence-electron chi connectivity index (χ4n) is 1.46. The summed E-state index contributed by atoms with van der Waals surface area (Å²) in [7, 11) is 0. The van der Waals surface area contributed by atoms with E-state index in [1.54, 1.807) is 6.08 Å². The molecule has 20 heavy (non-hydrogen) atoms. The summed E-state index contributed by atoms with van der Waals surface area (Å²) in [6.45, 7) is 7.68. The van der Waals surface area contributed by atoms with Crippen molar-refractivity contribution in [3.8, 4) is 0 Å². The number of benzene rings is 2. The zero-order valence-corrected chi connectivity index (χ0v) is 11.3. The molecule has 2 aromatic rings. The zero-order chi connectivity index (χ0) is 14.6. The van der Waals surface area contributed by atoms with Crippen LogP contribution in [0.2, 0.25) is 0 Å². The molecule has 0 spiro atoms. The largest absolute Gasteiger partial charge is 0.0985 e. The van der Waals surface area contributed by atoms with Crippen LogP contribution in [0.1, 0.15) is 16.7 Å². The van der Waals surface area contributed by atoms with Crippen molar-refractivity contribution in [2.24, 2.45) is 5.11 Å². The molecule has 0 aliphatic carbocycles. The molecule has 0 amide bonds. The van der Waals surface area contributed by atoms with Crippen molar-refractivity contribution in [1.82, 2.24) is 0 Å². The van der Waals surface area contributed by atoms with E-state index in [1.807, 2.05) is 60.7 Å². The fraction of sp³-hybridized carbons (Fsp3) is 0.0588. The van der Waals surface area contributed by atoms with E-state index >= 15 is 0 Å². The van der Waals surface area contributed by atoms with Gasteiger partial charge in [0.2, 0.25) is 0 Å². The molecular formula is C17H17N3. The van der Waals surface area contributed by atoms with Crippen molar-refractivity contribution in [1.29, 1.82) is 0 Å². The van der Waals surface area contributed by atoms with Crippen molar-refractivity contribution < 1.29 is 0 Å². The molecule has 0 N–H and O–H groups in total. The van der Waals surface area contributed by atoms with Crippen LogP contribution in [0.15, 0.2) is 72.9 Å². The van der Waals surface area contributed by atoms with Crippen LogP contribution in [0, 0.1) is 0 Å². The fourth-order valence-corrected chi connectivity index (χ4v) is 1.46. The van der Waals surface area contributed by atoms with E-state index < -0.39 is 0 Å². The zero-order valence-electron chi connectivity index (χ0n) is 11.3. The van der Waals surface area contributed by atoms with Gasteiger partial charge in [0.15, 0.2) is 0 Å². The summed E-state index contributed by atoms with van der Waals surface area (Å²) in [5.74, 6) is 0. The quantitative estimate of drug-likeness (QED) is 0.399. The summed E-state index contributed by atoms with van der Waals surface area (Å²) in [6.07, 6.45) is 3.61. The predicted molar refractivity (Wildman–Crippen MR) is 85.9 cm³/mol. The highest BCUT2D eigenvalue weighted by Gasteiger charge is 1.89. The van der Waals surface area contributed by atoms with E-state index in [2.05, 4.69) is 23.2 Å². The van der Waals surface area contributed by atoms with E-state index in [-0.39, 0.29) is 0 Å². The third kappa shape index (κ3) is 5.71. The second-order valence-electron chi connectivity index (χ2n) is 3.95. The van der Waals surface area contributed by atoms with Crippen LogP contribution in [0.25, 0.3) is 22.6 Å². The van der Waals surface area contributed by atoms with Gasteiger partial charge >= 0.3 is 0 Å². The third-order valence-corrected chi connectivity index (χ3v) is 2.57. The Bertz CT molecular complexity index is 579. The smallest absolute Gasteiger partial charge is 0.0510 e. The molecule has 0 aliphatic heterocycles. The Labute approximate surface area is 119 Å². The topological polar surface area (TPSA) is 48.8 Å². The molecule has 0 saturated heterocycles. The van der Waals surface area contributed by atoms with Gasteiger partial charge in [-0.2, -0.15) is 0 Å². The molecule has 3 heteroatoms. The summed E-state index contributed by atoms with van der Waals surface area (Å²) in [5.41, 5.74) is 11.3. The molecule has 2 aromatic carbocycles. The maximum Gasteiger partial charge on any atom is 0.0510 e. The highest BCUT2D eigenvalue weighted by molar-refractivity contribution is 5.47. The van der Waals surface area contributed by atoms with Crippen LogP contribution in [0.3, 0.4) is 0 Å². The Morgan fingerprint density at radius 2 is 1.45 bits per heavy atom. The second kappa shape index (κ2) is 9.20. The Morgan fingerprint density at radius 3 is 1.90 bits per heavy atom. The lowest BCUT2D eigenvalue weighted by Gasteiger charge is -1.95. The van der Waals surface area contributed by atoms with Crippen LogP contribution in [-0.2, 0) is 6.54 Å². The normalized spacial score (nSPS) is 8.60. The summed E-state index contributed by atoms with van der Waals surface area (Å²) in [4.78, 5) is 2.68. The van der Waals surface area contributed by atoms with Gasteiger partial charge in [-0.25, -0.2) is 0 Å². The molecule has 0 aromatic heterocycles. The lowest BCUT2D eigenvalue weighted by Crippen LogP contribution is -1.79. The molecule has 0 saturated carbocycles. The van der Waals surface area contributed by atoms with Gasteiger partial charge in [0.05, 0.1) is 6.54 Å².